The van der Waals surface area contributed by atoms with Crippen molar-refractivity contribution in [3.8, 4) is 33.8 Å². The van der Waals surface area contributed by atoms with Gasteiger partial charge in [0.15, 0.2) is 11.0 Å². The van der Waals surface area contributed by atoms with Gasteiger partial charge in [-0.1, -0.05) is 84.1 Å². The minimum atomic E-state index is -0.498. The van der Waals surface area contributed by atoms with Gasteiger partial charge in [0.2, 0.25) is 5.91 Å². The number of carbonyl (C=O) groups is 2. The molecule has 44 heavy (non-hydrogen) atoms. The molecule has 0 fully saturated rings. The Morgan fingerprint density at radius 2 is 1.70 bits per heavy atom. The van der Waals surface area contributed by atoms with Crippen LogP contribution in [0.15, 0.2) is 89.4 Å². The molecule has 3 aromatic carbocycles. The molecule has 3 aromatic heterocycles. The summed E-state index contributed by atoms with van der Waals surface area (Å²) in [5.74, 6) is -0.00859. The highest BCUT2D eigenvalue weighted by Gasteiger charge is 2.24. The van der Waals surface area contributed by atoms with Crippen LogP contribution in [-0.2, 0) is 16.6 Å². The Bertz CT molecular complexity index is 2020. The molecule has 0 saturated carbocycles. The van der Waals surface area contributed by atoms with E-state index in [0.29, 0.717) is 21.5 Å². The fraction of sp³-hybridized carbons (Fsp3) is 0.147. The van der Waals surface area contributed by atoms with Crippen LogP contribution < -0.4 is 5.32 Å². The van der Waals surface area contributed by atoms with Gasteiger partial charge in [0, 0.05) is 34.5 Å². The molecule has 0 spiro atoms. The number of nitrogens with one attached hydrogen (secondary N) is 1. The van der Waals surface area contributed by atoms with Crippen LogP contribution in [0.3, 0.4) is 0 Å². The van der Waals surface area contributed by atoms with Crippen LogP contribution in [0.4, 0.5) is 5.00 Å². The number of carbonyl (C=O) groups excluding carboxylic acids is 2. The monoisotopic (exact) mass is 619 g/mol. The third-order valence-electron chi connectivity index (χ3n) is 7.31. The number of nitrogens with zero attached hydrogens (tertiary/aromatic N) is 4. The molecular formula is C34H29N5O3S2. The lowest BCUT2D eigenvalue weighted by molar-refractivity contribution is -0.113. The van der Waals surface area contributed by atoms with Crippen molar-refractivity contribution in [2.24, 2.45) is 7.05 Å². The maximum atomic E-state index is 13.1. The van der Waals surface area contributed by atoms with Gasteiger partial charge in [-0.05, 0) is 37.1 Å². The third kappa shape index (κ3) is 5.73. The van der Waals surface area contributed by atoms with Crippen LogP contribution in [0, 0.1) is 13.8 Å². The zero-order valence-corrected chi connectivity index (χ0v) is 26.3. The van der Waals surface area contributed by atoms with Crippen molar-refractivity contribution < 1.29 is 14.3 Å². The summed E-state index contributed by atoms with van der Waals surface area (Å²) in [5, 5.41) is 15.7. The number of benzene rings is 3. The number of thioether (sulfide) groups is 1. The Labute approximate surface area is 263 Å². The van der Waals surface area contributed by atoms with Crippen LogP contribution in [-0.4, -0.2) is 44.5 Å². The lowest BCUT2D eigenvalue weighted by Gasteiger charge is -2.11. The van der Waals surface area contributed by atoms with E-state index in [1.54, 1.807) is 0 Å². The Hall–Kier alpha value is -4.80. The molecule has 3 heterocycles. The topological polar surface area (TPSA) is 99.0 Å². The van der Waals surface area contributed by atoms with Crippen molar-refractivity contribution in [3.63, 3.8) is 0 Å². The van der Waals surface area contributed by atoms with Crippen molar-refractivity contribution in [2.75, 3.05) is 18.2 Å². The van der Waals surface area contributed by atoms with E-state index in [0.717, 1.165) is 50.0 Å². The van der Waals surface area contributed by atoms with Crippen LogP contribution in [0.2, 0.25) is 0 Å². The first-order chi connectivity index (χ1) is 21.3. The first-order valence-corrected chi connectivity index (χ1v) is 15.8. The van der Waals surface area contributed by atoms with Gasteiger partial charge in [0.1, 0.15) is 10.6 Å². The van der Waals surface area contributed by atoms with Crippen LogP contribution in [0.1, 0.15) is 21.5 Å². The van der Waals surface area contributed by atoms with Crippen LogP contribution in [0.5, 0.6) is 0 Å². The molecule has 6 rings (SSSR count). The number of hydrogen-bond acceptors (Lipinski definition) is 8. The fourth-order valence-electron chi connectivity index (χ4n) is 5.06. The summed E-state index contributed by atoms with van der Waals surface area (Å²) in [5.41, 5.74) is 7.74. The van der Waals surface area contributed by atoms with E-state index in [-0.39, 0.29) is 11.7 Å². The second kappa shape index (κ2) is 12.4. The summed E-state index contributed by atoms with van der Waals surface area (Å²) in [4.78, 5) is 30.9. The number of ether oxygens (including phenoxy) is 1. The molecule has 6 aromatic rings. The number of aryl methyl sites for hydroxylation is 2. The van der Waals surface area contributed by atoms with Gasteiger partial charge in [-0.3, -0.25) is 4.79 Å². The maximum absolute atomic E-state index is 13.1. The van der Waals surface area contributed by atoms with Crippen molar-refractivity contribution in [2.45, 2.75) is 19.0 Å². The van der Waals surface area contributed by atoms with Crippen LogP contribution in [0.25, 0.3) is 44.7 Å². The molecule has 0 unspecified atom stereocenters. The van der Waals surface area contributed by atoms with Crippen molar-refractivity contribution in [3.05, 3.63) is 101 Å². The lowest BCUT2D eigenvalue weighted by atomic mass is 9.97. The number of methoxy groups -OCH3 is 1. The number of esters is 1. The van der Waals surface area contributed by atoms with E-state index >= 15 is 0 Å². The van der Waals surface area contributed by atoms with Gasteiger partial charge >= 0.3 is 5.97 Å². The largest absolute Gasteiger partial charge is 0.465 e. The van der Waals surface area contributed by atoms with Crippen LogP contribution >= 0.6 is 23.1 Å². The standard InChI is InChI=1S/C34H29N5O3S2/c1-20-14-15-21(2)24(16-20)26-18-43-32(30(26)33(41)42-4)36-29(40)19-44-34-38-37-31(39(34)3)25-17-28(22-10-6-5-7-11-22)35-27-13-9-8-12-23(25)27/h5-18H,19H2,1-4H3,(H,36,40). The van der Waals surface area contributed by atoms with Gasteiger partial charge in [0.05, 0.1) is 24.1 Å². The van der Waals surface area contributed by atoms with E-state index in [2.05, 4.69) is 15.5 Å². The lowest BCUT2D eigenvalue weighted by Crippen LogP contribution is -2.16. The summed E-state index contributed by atoms with van der Waals surface area (Å²) in [6.45, 7) is 4.00. The van der Waals surface area contributed by atoms with Crippen molar-refractivity contribution in [1.29, 1.82) is 0 Å². The Morgan fingerprint density at radius 3 is 2.50 bits per heavy atom. The molecule has 0 aliphatic heterocycles. The highest BCUT2D eigenvalue weighted by atomic mass is 32.2. The number of aromatic nitrogens is 4. The van der Waals surface area contributed by atoms with E-state index in [1.807, 2.05) is 110 Å². The Balaban J connectivity index is 1.24. The quantitative estimate of drug-likeness (QED) is 0.139. The second-order valence-electron chi connectivity index (χ2n) is 10.3. The zero-order valence-electron chi connectivity index (χ0n) is 24.6. The highest BCUT2D eigenvalue weighted by Crippen LogP contribution is 2.38. The number of hydrogen-bond donors (Lipinski definition) is 1. The average molecular weight is 620 g/mol. The molecule has 0 aliphatic rings. The van der Waals surface area contributed by atoms with Gasteiger partial charge in [-0.2, -0.15) is 0 Å². The van der Waals surface area contributed by atoms with Crippen molar-refractivity contribution in [1.82, 2.24) is 19.7 Å². The number of para-hydroxylation sites is 1. The summed E-state index contributed by atoms with van der Waals surface area (Å²) in [6.07, 6.45) is 0. The number of anilines is 1. The number of fused-ring (bicyclic) bond motifs is 1. The minimum Gasteiger partial charge on any atom is -0.465 e. The summed E-state index contributed by atoms with van der Waals surface area (Å²) >= 11 is 2.58. The van der Waals surface area contributed by atoms with Gasteiger partial charge in [-0.15, -0.1) is 21.5 Å². The van der Waals surface area contributed by atoms with Gasteiger partial charge < -0.3 is 14.6 Å². The third-order valence-corrected chi connectivity index (χ3v) is 9.23. The van der Waals surface area contributed by atoms with Crippen molar-refractivity contribution >= 4 is 50.9 Å². The number of amides is 1. The summed E-state index contributed by atoms with van der Waals surface area (Å²) in [7, 11) is 3.23. The van der Waals surface area contributed by atoms with E-state index < -0.39 is 5.97 Å². The first kappa shape index (κ1) is 29.3. The molecular weight excluding hydrogens is 591 g/mol. The highest BCUT2D eigenvalue weighted by molar-refractivity contribution is 7.99. The molecule has 1 amide bonds. The van der Waals surface area contributed by atoms with Gasteiger partial charge in [-0.25, -0.2) is 9.78 Å². The normalized spacial score (nSPS) is 11.1. The molecule has 10 heteroatoms. The fourth-order valence-corrected chi connectivity index (χ4v) is 6.74. The molecule has 0 radical (unpaired) electrons. The maximum Gasteiger partial charge on any atom is 0.341 e. The molecule has 0 aliphatic carbocycles. The van der Waals surface area contributed by atoms with E-state index in [1.165, 1.54) is 30.2 Å². The zero-order chi connectivity index (χ0) is 30.8. The Morgan fingerprint density at radius 1 is 0.932 bits per heavy atom. The first-order valence-electron chi connectivity index (χ1n) is 13.9. The Kier molecular flexibility index (Phi) is 8.28. The smallest absolute Gasteiger partial charge is 0.341 e. The molecule has 8 nitrogen and oxygen atoms in total. The minimum absolute atomic E-state index is 0.0790. The number of thiophene rings is 1. The second-order valence-corrected chi connectivity index (χ2v) is 12.1. The number of rotatable bonds is 8. The summed E-state index contributed by atoms with van der Waals surface area (Å²) < 4.78 is 6.98. The molecule has 0 bridgehead atoms. The molecule has 0 atom stereocenters. The van der Waals surface area contributed by atoms with E-state index in [4.69, 9.17) is 9.72 Å². The molecule has 1 N–H and O–H groups in total. The predicted molar refractivity (Wildman–Crippen MR) is 177 cm³/mol. The predicted octanol–water partition coefficient (Wildman–Crippen LogP) is 7.56. The average Bonchev–Trinajstić information content (AvgIpc) is 3.63. The molecule has 220 valence electrons. The van der Waals surface area contributed by atoms with Gasteiger partial charge in [0.25, 0.3) is 0 Å². The molecule has 0 saturated heterocycles. The summed E-state index contributed by atoms with van der Waals surface area (Å²) in [6, 6.07) is 26.1. The number of pyridine rings is 1. The SMILES string of the molecule is COC(=O)c1c(-c2cc(C)ccc2C)csc1NC(=O)CSc1nnc(-c2cc(-c3ccccc3)nc3ccccc23)n1C. The van der Waals surface area contributed by atoms with E-state index in [9.17, 15) is 9.59 Å².